The van der Waals surface area contributed by atoms with Gasteiger partial charge in [0.2, 0.25) is 70.9 Å². The Balaban J connectivity index is 1.40. The van der Waals surface area contributed by atoms with Crippen molar-refractivity contribution >= 4 is 93.7 Å². The Morgan fingerprint density at radius 3 is 1.67 bits per heavy atom. The van der Waals surface area contributed by atoms with E-state index < -0.39 is 188 Å². The van der Waals surface area contributed by atoms with Crippen LogP contribution in [0, 0.1) is 17.8 Å². The van der Waals surface area contributed by atoms with Crippen molar-refractivity contribution in [2.75, 3.05) is 46.0 Å². The molecule has 0 aliphatic carbocycles. The van der Waals surface area contributed by atoms with Crippen molar-refractivity contribution in [2.24, 2.45) is 45.7 Å². The summed E-state index contributed by atoms with van der Waals surface area (Å²) in [6, 6.07) is -1.73. The first-order valence-corrected chi connectivity index (χ1v) is 36.2. The van der Waals surface area contributed by atoms with Gasteiger partial charge < -0.3 is 117 Å². The van der Waals surface area contributed by atoms with Gasteiger partial charge in [0, 0.05) is 61.3 Å². The average Bonchev–Trinajstić information content (AvgIpc) is 1.63. The van der Waals surface area contributed by atoms with Crippen LogP contribution in [0.3, 0.4) is 0 Å². The molecular formula is C71H108N20O17. The molecule has 25 N–H and O–H groups in total. The van der Waals surface area contributed by atoms with Gasteiger partial charge in [-0.3, -0.25) is 62.5 Å². The molecule has 1 fully saturated rings. The number of carbonyl (C=O) groups excluding carboxylic acids is 12. The molecule has 12 amide bonds. The third-order valence-electron chi connectivity index (χ3n) is 18.7. The number of guanidine groups is 1. The number of carbonyl (C=O) groups is 13. The number of para-hydroxylation sites is 1. The predicted molar refractivity (Wildman–Crippen MR) is 395 cm³/mol. The highest BCUT2D eigenvalue weighted by atomic mass is 16.4. The monoisotopic (exact) mass is 1510 g/mol. The lowest BCUT2D eigenvalue weighted by molar-refractivity contribution is -0.143. The standard InChI is InChI=1S/C71H108N20O17/c1-7-39(5)57(67(104)87-51(34-92)64(101)88-53(36-94)70(107)108)90-68(105)58(40(6)8-2)89-65(102)52(35-93)86-63(100)50(30-43-32-76-37-80-43)85-61(98)48(28-41-18-10-9-11-19-41)84-60(97)47(23-16-26-77-71(74)75)82-62(99)49(29-42-31-78-45-21-13-12-20-44(42)45)81-55(95)33-79-59(96)46(22-14-15-25-72)83-66(103)54-24-17-27-91(54)69(106)56(73)38(3)4/h9-13,18-21,31-32,37-40,46-54,56-58,78,92-94H,7-8,14-17,22-30,33-36,72-73H2,1-6H3,(H,76,80)(H,79,96)(H,81,95)(H,82,99)(H,83,103)(H,84,97)(H,85,98)(H,86,100)(H,87,104)(H,88,101)(H,89,102)(H,90,105)(H,107,108)(H4,74,75,77)/t39-,40-,46-,47-,48-,49-,50-,51-,52-,53+,54-,56-,57-,58-/m0/s1. The second-order valence-electron chi connectivity index (χ2n) is 27.1. The number of aliphatic imine (C=N–C) groups is 1. The van der Waals surface area contributed by atoms with Gasteiger partial charge in [-0.05, 0) is 86.4 Å². The first-order valence-electron chi connectivity index (χ1n) is 36.2. The number of aliphatic hydroxyl groups is 3. The van der Waals surface area contributed by atoms with E-state index in [0.29, 0.717) is 66.5 Å². The first-order chi connectivity index (χ1) is 51.5. The molecule has 108 heavy (non-hydrogen) atoms. The summed E-state index contributed by atoms with van der Waals surface area (Å²) in [7, 11) is 0. The molecule has 3 heterocycles. The summed E-state index contributed by atoms with van der Waals surface area (Å²) in [4.78, 5) is 197. The number of fused-ring (bicyclic) bond motifs is 1. The van der Waals surface area contributed by atoms with E-state index in [2.05, 4.69) is 73.1 Å². The number of H-pyrrole nitrogens is 2. The molecule has 594 valence electrons. The maximum Gasteiger partial charge on any atom is 0.328 e. The minimum Gasteiger partial charge on any atom is -0.480 e. The number of carboxylic acid groups (broad SMARTS) is 1. The van der Waals surface area contributed by atoms with E-state index in [1.807, 2.05) is 5.32 Å². The molecule has 0 bridgehead atoms. The lowest BCUT2D eigenvalue weighted by atomic mass is 9.94. The largest absolute Gasteiger partial charge is 0.480 e. The van der Waals surface area contributed by atoms with Gasteiger partial charge in [-0.1, -0.05) is 103 Å². The van der Waals surface area contributed by atoms with E-state index >= 15 is 4.79 Å². The number of rotatable bonds is 46. The van der Waals surface area contributed by atoms with Crippen LogP contribution in [0.15, 0.2) is 78.3 Å². The molecule has 2 aromatic carbocycles. The van der Waals surface area contributed by atoms with E-state index in [0.717, 1.165) is 0 Å². The smallest absolute Gasteiger partial charge is 0.328 e. The molecule has 37 nitrogen and oxygen atoms in total. The summed E-state index contributed by atoms with van der Waals surface area (Å²) < 4.78 is 0. The zero-order valence-electron chi connectivity index (χ0n) is 61.8. The molecule has 0 spiro atoms. The normalized spacial score (nSPS) is 16.3. The summed E-state index contributed by atoms with van der Waals surface area (Å²) in [5, 5.41) is 68.2. The first kappa shape index (κ1) is 88.0. The lowest BCUT2D eigenvalue weighted by Crippen LogP contribution is -2.63. The van der Waals surface area contributed by atoms with Crippen molar-refractivity contribution in [3.63, 3.8) is 0 Å². The molecule has 0 radical (unpaired) electrons. The Labute approximate surface area is 625 Å². The maximum absolute atomic E-state index is 15.0. The van der Waals surface area contributed by atoms with Gasteiger partial charge in [0.1, 0.15) is 66.5 Å². The van der Waals surface area contributed by atoms with Crippen LogP contribution in [-0.2, 0) is 81.6 Å². The number of imidazole rings is 1. The van der Waals surface area contributed by atoms with E-state index in [1.165, 1.54) is 17.4 Å². The summed E-state index contributed by atoms with van der Waals surface area (Å²) in [5.74, 6) is -14.0. The highest BCUT2D eigenvalue weighted by molar-refractivity contribution is 6.00. The molecule has 37 heteroatoms. The summed E-state index contributed by atoms with van der Waals surface area (Å²) in [6.07, 6.45) is 5.85. The van der Waals surface area contributed by atoms with Crippen molar-refractivity contribution in [1.82, 2.24) is 78.3 Å². The molecule has 1 aliphatic rings. The van der Waals surface area contributed by atoms with Crippen molar-refractivity contribution in [2.45, 2.75) is 191 Å². The highest BCUT2D eigenvalue weighted by Crippen LogP contribution is 2.23. The van der Waals surface area contributed by atoms with Crippen LogP contribution in [-0.4, -0.2) is 242 Å². The average molecular weight is 1510 g/mol. The zero-order chi connectivity index (χ0) is 79.7. The van der Waals surface area contributed by atoms with Gasteiger partial charge in [0.05, 0.1) is 38.7 Å². The van der Waals surface area contributed by atoms with Crippen molar-refractivity contribution < 1.29 is 82.8 Å². The third-order valence-corrected chi connectivity index (χ3v) is 18.7. The number of nitrogens with one attached hydrogen (secondary N) is 13. The number of hydrogen-bond donors (Lipinski definition) is 21. The number of carboxylic acids is 1. The number of nitrogens with zero attached hydrogens (tertiary/aromatic N) is 3. The fraction of sp³-hybridized carbons (Fsp3) is 0.563. The minimum atomic E-state index is -1.82. The van der Waals surface area contributed by atoms with E-state index in [9.17, 15) is 78.0 Å². The van der Waals surface area contributed by atoms with Crippen LogP contribution >= 0.6 is 0 Å². The number of unbranched alkanes of at least 4 members (excludes halogenated alkanes) is 1. The van der Waals surface area contributed by atoms with E-state index in [-0.39, 0.29) is 69.8 Å². The molecule has 5 rings (SSSR count). The molecule has 4 aromatic rings. The fourth-order valence-electron chi connectivity index (χ4n) is 11.8. The Morgan fingerprint density at radius 2 is 1.09 bits per heavy atom. The molecule has 0 unspecified atom stereocenters. The fourth-order valence-corrected chi connectivity index (χ4v) is 11.8. The Bertz CT molecular complexity index is 3690. The summed E-state index contributed by atoms with van der Waals surface area (Å²) in [5.41, 5.74) is 25.3. The Hall–Kier alpha value is -10.6. The molecule has 1 aliphatic heterocycles. The van der Waals surface area contributed by atoms with Crippen molar-refractivity contribution in [3.8, 4) is 0 Å². The van der Waals surface area contributed by atoms with Gasteiger partial charge in [-0.2, -0.15) is 0 Å². The quantitative estimate of drug-likeness (QED) is 0.0112. The third kappa shape index (κ3) is 27.0. The van der Waals surface area contributed by atoms with Gasteiger partial charge >= 0.3 is 5.97 Å². The van der Waals surface area contributed by atoms with Gasteiger partial charge in [0.25, 0.3) is 0 Å². The lowest BCUT2D eigenvalue weighted by Gasteiger charge is -2.30. The number of aliphatic hydroxyl groups excluding tert-OH is 3. The van der Waals surface area contributed by atoms with E-state index in [4.69, 9.17) is 22.9 Å². The van der Waals surface area contributed by atoms with Gasteiger partial charge in [-0.15, -0.1) is 0 Å². The van der Waals surface area contributed by atoms with E-state index in [1.54, 1.807) is 102 Å². The van der Waals surface area contributed by atoms with Crippen molar-refractivity contribution in [1.29, 1.82) is 0 Å². The predicted octanol–water partition coefficient (Wildman–Crippen LogP) is -4.81. The Kier molecular flexibility index (Phi) is 36.2. The number of amides is 12. The van der Waals surface area contributed by atoms with Crippen LogP contribution in [0.25, 0.3) is 10.9 Å². The SMILES string of the molecule is CC[C@H](C)[C@H](NC(=O)[C@H](CO)NC(=O)[C@H](Cc1cnc[nH]1)NC(=O)[C@H](Cc1ccccc1)NC(=O)[C@H](CCCN=C(N)N)NC(=O)[C@H](Cc1c[nH]c2ccccc12)NC(=O)CNC(=O)[C@H](CCCCN)NC(=O)[C@@H]1CCCN1C(=O)[C@@H](N)C(C)C)C(=O)N[C@H](C(=O)N[C@@H](CO)C(=O)N[C@H](CO)C(=O)O)[C@@H](C)CC. The molecular weight excluding hydrogens is 1400 g/mol. The second kappa shape index (κ2) is 44.5. The van der Waals surface area contributed by atoms with Gasteiger partial charge in [-0.25, -0.2) is 9.78 Å². The minimum absolute atomic E-state index is 0.0367. The van der Waals surface area contributed by atoms with Crippen LogP contribution in [0.4, 0.5) is 0 Å². The molecule has 2 aromatic heterocycles. The summed E-state index contributed by atoms with van der Waals surface area (Å²) in [6.45, 7) is 6.92. The number of nitrogens with two attached hydrogens (primary N) is 4. The zero-order valence-corrected chi connectivity index (χ0v) is 61.8. The maximum atomic E-state index is 15.0. The second-order valence-corrected chi connectivity index (χ2v) is 27.1. The van der Waals surface area contributed by atoms with Crippen LogP contribution in [0.2, 0.25) is 0 Å². The molecule has 1 saturated heterocycles. The van der Waals surface area contributed by atoms with Crippen LogP contribution in [0.5, 0.6) is 0 Å². The number of benzene rings is 2. The number of aromatic amines is 2. The number of hydrogen-bond acceptors (Lipinski definition) is 20. The number of likely N-dealkylation sites (tertiary alicyclic amines) is 1. The van der Waals surface area contributed by atoms with Crippen LogP contribution in [0.1, 0.15) is 116 Å². The van der Waals surface area contributed by atoms with Crippen LogP contribution < -0.4 is 81.4 Å². The van der Waals surface area contributed by atoms with Crippen molar-refractivity contribution in [3.05, 3.63) is 90.1 Å². The Morgan fingerprint density at radius 1 is 0.583 bits per heavy atom. The highest BCUT2D eigenvalue weighted by Gasteiger charge is 2.41. The summed E-state index contributed by atoms with van der Waals surface area (Å²) >= 11 is 0. The molecule has 0 saturated carbocycles. The van der Waals surface area contributed by atoms with Gasteiger partial charge in [0.15, 0.2) is 5.96 Å². The topological polar surface area (TPSA) is 599 Å². The molecule has 14 atom stereocenters. The number of aliphatic carboxylic acids is 1. The number of aromatic nitrogens is 3.